The Balaban J connectivity index is 2.04. The second-order valence-electron chi connectivity index (χ2n) is 6.49. The minimum absolute atomic E-state index is 0.0783. The number of thiazole rings is 1. The van der Waals surface area contributed by atoms with Crippen LogP contribution in [0, 0.1) is 18.3 Å². The van der Waals surface area contributed by atoms with E-state index in [0.717, 1.165) is 34.4 Å². The fraction of sp³-hybridized carbons (Fsp3) is 0.150. The Morgan fingerprint density at radius 2 is 1.90 bits per heavy atom. The Morgan fingerprint density at radius 1 is 1.23 bits per heavy atom. The van der Waals surface area contributed by atoms with E-state index in [1.54, 1.807) is 24.3 Å². The summed E-state index contributed by atoms with van der Waals surface area (Å²) >= 11 is 7.28. The number of sulfonamides is 1. The van der Waals surface area contributed by atoms with Gasteiger partial charge in [0.2, 0.25) is 10.0 Å². The quantitative estimate of drug-likeness (QED) is 0.596. The Hall–Kier alpha value is -2.93. The Kier molecular flexibility index (Phi) is 6.41. The van der Waals surface area contributed by atoms with Gasteiger partial charge in [-0.3, -0.25) is 4.79 Å². The van der Waals surface area contributed by atoms with Gasteiger partial charge < -0.3 is 4.90 Å². The van der Waals surface area contributed by atoms with E-state index in [0.29, 0.717) is 17.2 Å². The van der Waals surface area contributed by atoms with Gasteiger partial charge in [-0.05, 0) is 42.3 Å². The molecule has 0 saturated carbocycles. The molecule has 3 aromatic rings. The van der Waals surface area contributed by atoms with Crippen molar-refractivity contribution >= 4 is 49.7 Å². The second-order valence-corrected chi connectivity index (χ2v) is 9.82. The molecule has 0 aliphatic rings. The first kappa shape index (κ1) is 21.8. The van der Waals surface area contributed by atoms with Crippen molar-refractivity contribution in [3.63, 3.8) is 0 Å². The predicted octanol–water partition coefficient (Wildman–Crippen LogP) is 4.00. The smallest absolute Gasteiger partial charge is 0.285 e. The number of carbonyl (C=O) groups is 1. The van der Waals surface area contributed by atoms with E-state index in [1.807, 2.05) is 40.8 Å². The van der Waals surface area contributed by atoms with Gasteiger partial charge in [0.15, 0.2) is 10.8 Å². The van der Waals surface area contributed by atoms with Gasteiger partial charge >= 0.3 is 0 Å². The molecule has 1 heterocycles. The average Bonchev–Trinajstić information content (AvgIpc) is 3.08. The van der Waals surface area contributed by atoms with Crippen molar-refractivity contribution < 1.29 is 13.2 Å². The van der Waals surface area contributed by atoms with Gasteiger partial charge in [0.1, 0.15) is 4.34 Å². The molecule has 154 valence electrons. The predicted molar refractivity (Wildman–Crippen MR) is 118 cm³/mol. The number of hydrogen-bond donors (Lipinski definition) is 1. The van der Waals surface area contributed by atoms with Crippen LogP contribution in [-0.2, 0) is 16.6 Å². The maximum absolute atomic E-state index is 12.3. The van der Waals surface area contributed by atoms with Crippen LogP contribution in [0.1, 0.15) is 27.2 Å². The van der Waals surface area contributed by atoms with Gasteiger partial charge in [0, 0.05) is 5.69 Å². The Labute approximate surface area is 183 Å². The van der Waals surface area contributed by atoms with Gasteiger partial charge in [-0.15, -0.1) is 0 Å². The van der Waals surface area contributed by atoms with E-state index in [-0.39, 0.29) is 10.0 Å². The summed E-state index contributed by atoms with van der Waals surface area (Å²) in [5.74, 6) is -0.888. The highest BCUT2D eigenvalue weighted by Crippen LogP contribution is 2.36. The van der Waals surface area contributed by atoms with E-state index in [4.69, 9.17) is 16.9 Å². The van der Waals surface area contributed by atoms with Crippen LogP contribution >= 0.6 is 22.9 Å². The maximum Gasteiger partial charge on any atom is 0.285 e. The monoisotopic (exact) mass is 460 g/mol. The van der Waals surface area contributed by atoms with Crippen molar-refractivity contribution in [1.82, 2.24) is 9.71 Å². The largest absolute Gasteiger partial charge is 0.313 e. The first-order chi connectivity index (χ1) is 14.2. The lowest BCUT2D eigenvalue weighted by molar-refractivity contribution is 0.0977. The third-order valence-corrected chi connectivity index (χ3v) is 6.03. The molecule has 0 aliphatic carbocycles. The normalized spacial score (nSPS) is 11.0. The summed E-state index contributed by atoms with van der Waals surface area (Å²) in [4.78, 5) is 18.4. The number of benzene rings is 2. The fourth-order valence-electron chi connectivity index (χ4n) is 2.71. The second kappa shape index (κ2) is 8.83. The summed E-state index contributed by atoms with van der Waals surface area (Å²) < 4.78 is 24.7. The Bertz CT molecular complexity index is 1230. The highest BCUT2D eigenvalue weighted by molar-refractivity contribution is 7.89. The number of rotatable bonds is 6. The number of nitriles is 1. The third kappa shape index (κ3) is 5.16. The van der Waals surface area contributed by atoms with Gasteiger partial charge in [-0.25, -0.2) is 18.1 Å². The summed E-state index contributed by atoms with van der Waals surface area (Å²) in [7, 11) is -3.75. The van der Waals surface area contributed by atoms with Crippen molar-refractivity contribution in [1.29, 1.82) is 5.26 Å². The summed E-state index contributed by atoms with van der Waals surface area (Å²) in [6, 6.07) is 16.9. The number of hydrogen-bond acceptors (Lipinski definition) is 7. The van der Waals surface area contributed by atoms with Crippen LogP contribution < -0.4 is 9.62 Å². The average molecular weight is 461 g/mol. The molecule has 1 amide bonds. The van der Waals surface area contributed by atoms with E-state index >= 15 is 0 Å². The van der Waals surface area contributed by atoms with Gasteiger partial charge in [-0.2, -0.15) is 5.26 Å². The summed E-state index contributed by atoms with van der Waals surface area (Å²) in [6.45, 7) is 2.43. The molecule has 0 fully saturated rings. The maximum atomic E-state index is 12.3. The molecular formula is C20H17ClN4O3S2. The van der Waals surface area contributed by atoms with Crippen LogP contribution in [0.5, 0.6) is 0 Å². The van der Waals surface area contributed by atoms with Crippen LogP contribution in [0.25, 0.3) is 0 Å². The minimum Gasteiger partial charge on any atom is -0.313 e. The van der Waals surface area contributed by atoms with Crippen LogP contribution in [-0.4, -0.2) is 25.6 Å². The zero-order valence-corrected chi connectivity index (χ0v) is 18.5. The summed E-state index contributed by atoms with van der Waals surface area (Å²) in [5, 5.41) is 9.49. The molecule has 0 radical (unpaired) electrons. The topological polar surface area (TPSA) is 103 Å². The lowest BCUT2D eigenvalue weighted by Crippen LogP contribution is -2.29. The lowest BCUT2D eigenvalue weighted by Gasteiger charge is -2.23. The van der Waals surface area contributed by atoms with Crippen LogP contribution in [0.3, 0.4) is 0 Å². The van der Waals surface area contributed by atoms with Gasteiger partial charge in [0.05, 0.1) is 24.4 Å². The summed E-state index contributed by atoms with van der Waals surface area (Å²) in [6.07, 6.45) is 0.882. The van der Waals surface area contributed by atoms with E-state index in [2.05, 4.69) is 11.1 Å². The molecule has 0 unspecified atom stereocenters. The molecule has 3 rings (SSSR count). The van der Waals surface area contributed by atoms with Gasteiger partial charge in [0.25, 0.3) is 5.91 Å². The number of carbonyl (C=O) groups excluding carboxylic acids is 1. The van der Waals surface area contributed by atoms with E-state index < -0.39 is 15.9 Å². The molecular weight excluding hydrogens is 444 g/mol. The molecule has 0 bridgehead atoms. The zero-order valence-electron chi connectivity index (χ0n) is 16.1. The first-order valence-electron chi connectivity index (χ1n) is 8.68. The molecule has 1 aromatic heterocycles. The first-order valence-corrected chi connectivity index (χ1v) is 11.8. The Morgan fingerprint density at radius 3 is 2.50 bits per heavy atom. The number of aromatic nitrogens is 1. The summed E-state index contributed by atoms with van der Waals surface area (Å²) in [5.41, 5.74) is 3.22. The van der Waals surface area contributed by atoms with Crippen molar-refractivity contribution in [3.05, 3.63) is 75.3 Å². The van der Waals surface area contributed by atoms with E-state index in [1.165, 1.54) is 0 Å². The molecule has 0 saturated heterocycles. The number of amides is 1. The number of nitrogens with zero attached hydrogens (tertiary/aromatic N) is 3. The van der Waals surface area contributed by atoms with Crippen LogP contribution in [0.15, 0.2) is 48.5 Å². The molecule has 2 aromatic carbocycles. The molecule has 0 aliphatic heterocycles. The van der Waals surface area contributed by atoms with E-state index in [9.17, 15) is 13.2 Å². The molecule has 7 nitrogen and oxygen atoms in total. The minimum atomic E-state index is -3.75. The number of nitrogens with one attached hydrogen (secondary N) is 1. The van der Waals surface area contributed by atoms with Crippen LogP contribution in [0.2, 0.25) is 4.34 Å². The van der Waals surface area contributed by atoms with Gasteiger partial charge in [-0.1, -0.05) is 47.2 Å². The molecule has 1 N–H and O–H groups in total. The van der Waals surface area contributed by atoms with Crippen LogP contribution in [0.4, 0.5) is 10.8 Å². The number of halogens is 1. The standard InChI is InChI=1S/C20H17ClN4O3S2/c1-13-5-3-4-6-15(13)12-25(16-9-7-14(11-22)8-10-16)20-23-17(18(21)29-20)19(26)24-30(2,27)28/h3-10H,12H2,1-2H3,(H,24,26). The highest BCUT2D eigenvalue weighted by Gasteiger charge is 2.23. The molecule has 10 heteroatoms. The van der Waals surface area contributed by atoms with Crippen molar-refractivity contribution in [2.45, 2.75) is 13.5 Å². The molecule has 0 spiro atoms. The fourth-order valence-corrected chi connectivity index (χ4v) is 4.29. The molecule has 0 atom stereocenters. The number of anilines is 2. The highest BCUT2D eigenvalue weighted by atomic mass is 35.5. The van der Waals surface area contributed by atoms with Crippen molar-refractivity contribution in [2.75, 3.05) is 11.2 Å². The van der Waals surface area contributed by atoms with Crippen molar-refractivity contribution in [3.8, 4) is 6.07 Å². The zero-order chi connectivity index (χ0) is 21.9. The SMILES string of the molecule is Cc1ccccc1CN(c1ccc(C#N)cc1)c1nc(C(=O)NS(C)(=O)=O)c(Cl)s1. The number of aryl methyl sites for hydroxylation is 1. The van der Waals surface area contributed by atoms with Crippen molar-refractivity contribution in [2.24, 2.45) is 0 Å². The third-order valence-electron chi connectivity index (χ3n) is 4.20. The molecule has 30 heavy (non-hydrogen) atoms. The lowest BCUT2D eigenvalue weighted by atomic mass is 10.1.